The van der Waals surface area contributed by atoms with E-state index in [2.05, 4.69) is 0 Å². The second-order valence-corrected chi connectivity index (χ2v) is 2.27. The molecule has 0 fully saturated rings. The molecule has 1 rings (SSSR count). The van der Waals surface area contributed by atoms with Gasteiger partial charge in [0.1, 0.15) is 6.61 Å². The van der Waals surface area contributed by atoms with Gasteiger partial charge in [-0.25, -0.2) is 0 Å². The van der Waals surface area contributed by atoms with E-state index >= 15 is 0 Å². The summed E-state index contributed by atoms with van der Waals surface area (Å²) in [6.07, 6.45) is 0. The summed E-state index contributed by atoms with van der Waals surface area (Å²) < 4.78 is 4.79. The molecule has 12 heavy (non-hydrogen) atoms. The van der Waals surface area contributed by atoms with Gasteiger partial charge in [-0.1, -0.05) is 30.3 Å². The van der Waals surface area contributed by atoms with E-state index in [1.165, 1.54) is 6.92 Å². The van der Waals surface area contributed by atoms with Crippen LogP contribution in [0.4, 0.5) is 0 Å². The van der Waals surface area contributed by atoms with E-state index in [4.69, 9.17) is 4.74 Å². The van der Waals surface area contributed by atoms with Crippen LogP contribution in [-0.2, 0) is 16.1 Å². The molecule has 66 valence electrons. The van der Waals surface area contributed by atoms with Crippen molar-refractivity contribution in [1.82, 2.24) is 6.15 Å². The van der Waals surface area contributed by atoms with Crippen LogP contribution in [0.3, 0.4) is 0 Å². The maximum Gasteiger partial charge on any atom is 0.302 e. The first kappa shape index (κ1) is 10.7. The lowest BCUT2D eigenvalue weighted by atomic mass is 10.2. The molecule has 0 atom stereocenters. The average Bonchev–Trinajstić information content (AvgIpc) is 2.03. The fourth-order valence-corrected chi connectivity index (χ4v) is 0.759. The number of benzene rings is 1. The van der Waals surface area contributed by atoms with Gasteiger partial charge in [0.2, 0.25) is 0 Å². The van der Waals surface area contributed by atoms with Gasteiger partial charge >= 0.3 is 5.97 Å². The second kappa shape index (κ2) is 5.32. The zero-order valence-electron chi connectivity index (χ0n) is 7.12. The van der Waals surface area contributed by atoms with E-state index in [0.29, 0.717) is 6.61 Å². The monoisotopic (exact) mass is 167 g/mol. The van der Waals surface area contributed by atoms with Crippen molar-refractivity contribution in [1.29, 1.82) is 0 Å². The van der Waals surface area contributed by atoms with Gasteiger partial charge in [0, 0.05) is 6.92 Å². The number of rotatable bonds is 2. The number of hydrogen-bond donors (Lipinski definition) is 1. The Morgan fingerprint density at radius 2 is 1.92 bits per heavy atom. The molecule has 0 heterocycles. The molecule has 3 N–H and O–H groups in total. The highest BCUT2D eigenvalue weighted by atomic mass is 16.5. The van der Waals surface area contributed by atoms with Gasteiger partial charge < -0.3 is 10.9 Å². The third-order valence-electron chi connectivity index (χ3n) is 1.28. The molecule has 3 nitrogen and oxygen atoms in total. The van der Waals surface area contributed by atoms with Crippen molar-refractivity contribution in [2.24, 2.45) is 0 Å². The lowest BCUT2D eigenvalue weighted by Crippen LogP contribution is -1.97. The minimum absolute atomic E-state index is 0. The maximum atomic E-state index is 10.4. The van der Waals surface area contributed by atoms with E-state index in [-0.39, 0.29) is 12.1 Å². The molecular weight excluding hydrogens is 154 g/mol. The average molecular weight is 167 g/mol. The third kappa shape index (κ3) is 3.73. The van der Waals surface area contributed by atoms with Crippen molar-refractivity contribution in [3.8, 4) is 0 Å². The first-order chi connectivity index (χ1) is 5.29. The van der Waals surface area contributed by atoms with Gasteiger partial charge in [0.05, 0.1) is 0 Å². The highest BCUT2D eigenvalue weighted by molar-refractivity contribution is 5.65. The molecule has 0 aliphatic carbocycles. The summed E-state index contributed by atoms with van der Waals surface area (Å²) >= 11 is 0. The zero-order chi connectivity index (χ0) is 8.10. The summed E-state index contributed by atoms with van der Waals surface area (Å²) in [6, 6.07) is 9.60. The minimum atomic E-state index is -0.242. The Labute approximate surface area is 71.9 Å². The summed E-state index contributed by atoms with van der Waals surface area (Å²) in [5, 5.41) is 0. The van der Waals surface area contributed by atoms with Crippen molar-refractivity contribution >= 4 is 5.97 Å². The van der Waals surface area contributed by atoms with Crippen LogP contribution in [0, 0.1) is 0 Å². The molecule has 3 heteroatoms. The maximum absolute atomic E-state index is 10.4. The van der Waals surface area contributed by atoms with Crippen LogP contribution in [0.5, 0.6) is 0 Å². The first-order valence-corrected chi connectivity index (χ1v) is 3.46. The normalized spacial score (nSPS) is 8.42. The van der Waals surface area contributed by atoms with Gasteiger partial charge in [-0.3, -0.25) is 4.79 Å². The van der Waals surface area contributed by atoms with Gasteiger partial charge in [-0.15, -0.1) is 0 Å². The third-order valence-corrected chi connectivity index (χ3v) is 1.28. The van der Waals surface area contributed by atoms with Crippen LogP contribution in [0.15, 0.2) is 30.3 Å². The van der Waals surface area contributed by atoms with Crippen LogP contribution < -0.4 is 6.15 Å². The standard InChI is InChI=1S/C9H10O2.H3N/c1-8(10)11-7-9-5-3-2-4-6-9;/h2-6H,7H2,1H3;1H3. The Hall–Kier alpha value is -1.35. The smallest absolute Gasteiger partial charge is 0.302 e. The number of carbonyl (C=O) groups is 1. The lowest BCUT2D eigenvalue weighted by Gasteiger charge is -1.99. The van der Waals surface area contributed by atoms with Crippen molar-refractivity contribution in [3.63, 3.8) is 0 Å². The Morgan fingerprint density at radius 1 is 1.33 bits per heavy atom. The summed E-state index contributed by atoms with van der Waals surface area (Å²) in [6.45, 7) is 1.78. The fourth-order valence-electron chi connectivity index (χ4n) is 0.759. The van der Waals surface area contributed by atoms with Crippen LogP contribution in [0.2, 0.25) is 0 Å². The summed E-state index contributed by atoms with van der Waals surface area (Å²) in [5.74, 6) is -0.242. The minimum Gasteiger partial charge on any atom is -0.461 e. The molecule has 0 unspecified atom stereocenters. The molecule has 0 aliphatic rings. The van der Waals surface area contributed by atoms with Gasteiger partial charge in [0.25, 0.3) is 0 Å². The van der Waals surface area contributed by atoms with Crippen molar-refractivity contribution in [3.05, 3.63) is 35.9 Å². The SMILES string of the molecule is CC(=O)OCc1ccccc1.N. The van der Waals surface area contributed by atoms with Gasteiger partial charge in [0.15, 0.2) is 0 Å². The molecule has 0 aromatic heterocycles. The van der Waals surface area contributed by atoms with Crippen molar-refractivity contribution in [2.45, 2.75) is 13.5 Å². The number of esters is 1. The van der Waals surface area contributed by atoms with Gasteiger partial charge in [-0.05, 0) is 5.56 Å². The van der Waals surface area contributed by atoms with E-state index in [1.54, 1.807) is 0 Å². The summed E-state index contributed by atoms with van der Waals surface area (Å²) in [4.78, 5) is 10.4. The second-order valence-electron chi connectivity index (χ2n) is 2.27. The molecule has 0 amide bonds. The topological polar surface area (TPSA) is 61.3 Å². The fraction of sp³-hybridized carbons (Fsp3) is 0.222. The first-order valence-electron chi connectivity index (χ1n) is 3.46. The van der Waals surface area contributed by atoms with Crippen molar-refractivity contribution in [2.75, 3.05) is 0 Å². The molecule has 1 aromatic rings. The molecular formula is C9H13NO2. The Balaban J connectivity index is 0.00000121. The molecule has 0 bridgehead atoms. The van der Waals surface area contributed by atoms with E-state index < -0.39 is 0 Å². The number of carbonyl (C=O) groups excluding carboxylic acids is 1. The van der Waals surface area contributed by atoms with Crippen LogP contribution >= 0.6 is 0 Å². The molecule has 1 aromatic carbocycles. The molecule has 0 saturated heterocycles. The molecule has 0 spiro atoms. The van der Waals surface area contributed by atoms with Crippen LogP contribution in [0.1, 0.15) is 12.5 Å². The van der Waals surface area contributed by atoms with Gasteiger partial charge in [-0.2, -0.15) is 0 Å². The van der Waals surface area contributed by atoms with E-state index in [1.807, 2.05) is 30.3 Å². The predicted octanol–water partition coefficient (Wildman–Crippen LogP) is 1.91. The predicted molar refractivity (Wildman–Crippen MR) is 46.9 cm³/mol. The summed E-state index contributed by atoms with van der Waals surface area (Å²) in [5.41, 5.74) is 1.02. The highest BCUT2D eigenvalue weighted by Crippen LogP contribution is 1.99. The molecule has 0 radical (unpaired) electrons. The van der Waals surface area contributed by atoms with Crippen LogP contribution in [0.25, 0.3) is 0 Å². The van der Waals surface area contributed by atoms with Crippen LogP contribution in [-0.4, -0.2) is 5.97 Å². The number of ether oxygens (including phenoxy) is 1. The van der Waals surface area contributed by atoms with Crippen molar-refractivity contribution < 1.29 is 9.53 Å². The largest absolute Gasteiger partial charge is 0.461 e. The highest BCUT2D eigenvalue weighted by Gasteiger charge is 1.93. The Morgan fingerprint density at radius 3 is 2.42 bits per heavy atom. The Bertz CT molecular complexity index is 234. The molecule has 0 aliphatic heterocycles. The lowest BCUT2D eigenvalue weighted by molar-refractivity contribution is -0.142. The quantitative estimate of drug-likeness (QED) is 0.684. The molecule has 0 saturated carbocycles. The Kier molecular flexibility index (Phi) is 4.72. The number of hydrogen-bond acceptors (Lipinski definition) is 3. The summed E-state index contributed by atoms with van der Waals surface area (Å²) in [7, 11) is 0. The zero-order valence-corrected chi connectivity index (χ0v) is 7.12. The van der Waals surface area contributed by atoms with E-state index in [9.17, 15) is 4.79 Å². The van der Waals surface area contributed by atoms with E-state index in [0.717, 1.165) is 5.56 Å².